The van der Waals surface area contributed by atoms with Gasteiger partial charge in [0, 0.05) is 18.5 Å². The van der Waals surface area contributed by atoms with E-state index in [-0.39, 0.29) is 22.5 Å². The molecule has 0 spiro atoms. The third-order valence-electron chi connectivity index (χ3n) is 5.79. The van der Waals surface area contributed by atoms with Crippen molar-refractivity contribution in [2.45, 2.75) is 71.5 Å². The average molecular weight is 397 g/mol. The molecule has 2 heterocycles. The fourth-order valence-corrected chi connectivity index (χ4v) is 3.09. The molecule has 29 heavy (non-hydrogen) atoms. The Balaban J connectivity index is 1.63. The average Bonchev–Trinajstić information content (AvgIpc) is 3.05. The molecule has 156 valence electrons. The molecule has 1 aromatic heterocycles. The monoisotopic (exact) mass is 397 g/mol. The largest absolute Gasteiger partial charge is 0.494 e. The van der Waals surface area contributed by atoms with Gasteiger partial charge in [0.2, 0.25) is 5.91 Å². The lowest BCUT2D eigenvalue weighted by Gasteiger charge is -2.32. The van der Waals surface area contributed by atoms with Crippen molar-refractivity contribution in [3.8, 4) is 0 Å². The van der Waals surface area contributed by atoms with Crippen LogP contribution in [0.4, 0.5) is 5.82 Å². The second-order valence-electron chi connectivity index (χ2n) is 9.84. The summed E-state index contributed by atoms with van der Waals surface area (Å²) in [6, 6.07) is 9.76. The summed E-state index contributed by atoms with van der Waals surface area (Å²) in [4.78, 5) is 12.5. The maximum absolute atomic E-state index is 12.5. The number of amides is 1. The van der Waals surface area contributed by atoms with Gasteiger partial charge in [-0.25, -0.2) is 0 Å². The SMILES string of the molecule is Cn1nc(C(C)(C)C)cc1NC(=O)Cc1ccc(B2OC(C)(C)C(C)(C)O2)cc1. The second-order valence-corrected chi connectivity index (χ2v) is 9.84. The lowest BCUT2D eigenvalue weighted by atomic mass is 9.79. The van der Waals surface area contributed by atoms with Gasteiger partial charge in [-0.05, 0) is 38.7 Å². The van der Waals surface area contributed by atoms with Crippen molar-refractivity contribution in [1.29, 1.82) is 0 Å². The van der Waals surface area contributed by atoms with Crippen LogP contribution in [0.1, 0.15) is 59.7 Å². The normalized spacial score (nSPS) is 18.1. The number of aromatic nitrogens is 2. The van der Waals surface area contributed by atoms with Crippen LogP contribution in [0.5, 0.6) is 0 Å². The van der Waals surface area contributed by atoms with Gasteiger partial charge in [-0.1, -0.05) is 45.0 Å². The minimum absolute atomic E-state index is 0.0654. The summed E-state index contributed by atoms with van der Waals surface area (Å²) >= 11 is 0. The van der Waals surface area contributed by atoms with Gasteiger partial charge in [0.15, 0.2) is 0 Å². The van der Waals surface area contributed by atoms with Crippen molar-refractivity contribution < 1.29 is 14.1 Å². The highest BCUT2D eigenvalue weighted by Crippen LogP contribution is 2.36. The number of nitrogens with one attached hydrogen (secondary N) is 1. The summed E-state index contributed by atoms with van der Waals surface area (Å²) in [6.07, 6.45) is 0.291. The Labute approximate surface area is 174 Å². The van der Waals surface area contributed by atoms with E-state index in [1.54, 1.807) is 4.68 Å². The van der Waals surface area contributed by atoms with Crippen LogP contribution in [-0.4, -0.2) is 34.0 Å². The molecular formula is C22H32BN3O3. The van der Waals surface area contributed by atoms with Gasteiger partial charge in [0.05, 0.1) is 23.3 Å². The van der Waals surface area contributed by atoms with E-state index in [1.807, 2.05) is 65.1 Å². The molecule has 1 saturated heterocycles. The fraction of sp³-hybridized carbons (Fsp3) is 0.545. The smallest absolute Gasteiger partial charge is 0.399 e. The third-order valence-corrected chi connectivity index (χ3v) is 5.79. The molecule has 0 saturated carbocycles. The topological polar surface area (TPSA) is 65.4 Å². The standard InChI is InChI=1S/C22H32BN3O3/c1-20(2,3)17-14-18(26(8)25-17)24-19(27)13-15-9-11-16(12-10-15)23-28-21(4,5)22(6,7)29-23/h9-12,14H,13H2,1-8H3,(H,24,27). The molecule has 2 aromatic rings. The van der Waals surface area contributed by atoms with Crippen LogP contribution in [0.2, 0.25) is 0 Å². The van der Waals surface area contributed by atoms with Crippen LogP contribution >= 0.6 is 0 Å². The molecule has 0 atom stereocenters. The van der Waals surface area contributed by atoms with Gasteiger partial charge in [0.1, 0.15) is 5.82 Å². The molecule has 7 heteroatoms. The number of nitrogens with zero attached hydrogens (tertiary/aromatic N) is 2. The lowest BCUT2D eigenvalue weighted by Crippen LogP contribution is -2.41. The van der Waals surface area contributed by atoms with Gasteiger partial charge in [-0.3, -0.25) is 9.48 Å². The lowest BCUT2D eigenvalue weighted by molar-refractivity contribution is -0.115. The number of hydrogen-bond acceptors (Lipinski definition) is 4. The summed E-state index contributed by atoms with van der Waals surface area (Å²) in [6.45, 7) is 14.4. The molecule has 0 bridgehead atoms. The van der Waals surface area contributed by atoms with Crippen molar-refractivity contribution in [3.63, 3.8) is 0 Å². The van der Waals surface area contributed by atoms with Gasteiger partial charge >= 0.3 is 7.12 Å². The van der Waals surface area contributed by atoms with Crippen LogP contribution in [0, 0.1) is 0 Å². The number of benzene rings is 1. The molecule has 0 unspecified atom stereocenters. The Kier molecular flexibility index (Phi) is 5.43. The van der Waals surface area contributed by atoms with Crippen molar-refractivity contribution in [3.05, 3.63) is 41.6 Å². The number of aryl methyl sites for hydroxylation is 1. The Morgan fingerprint density at radius 2 is 1.66 bits per heavy atom. The molecule has 6 nitrogen and oxygen atoms in total. The highest BCUT2D eigenvalue weighted by Gasteiger charge is 2.51. The summed E-state index contributed by atoms with van der Waals surface area (Å²) in [5, 5.41) is 7.45. The Morgan fingerprint density at radius 1 is 1.10 bits per heavy atom. The highest BCUT2D eigenvalue weighted by molar-refractivity contribution is 6.62. The number of carbonyl (C=O) groups is 1. The molecule has 3 rings (SSSR count). The Hall–Kier alpha value is -2.12. The first-order chi connectivity index (χ1) is 13.3. The quantitative estimate of drug-likeness (QED) is 0.805. The van der Waals surface area contributed by atoms with E-state index >= 15 is 0 Å². The van der Waals surface area contributed by atoms with Gasteiger partial charge in [0.25, 0.3) is 0 Å². The van der Waals surface area contributed by atoms with Crippen LogP contribution < -0.4 is 10.8 Å². The van der Waals surface area contributed by atoms with Crippen LogP contribution in [0.3, 0.4) is 0 Å². The summed E-state index contributed by atoms with van der Waals surface area (Å²) < 4.78 is 13.9. The zero-order chi connectivity index (χ0) is 21.6. The predicted octanol–water partition coefficient (Wildman–Crippen LogP) is 3.20. The number of rotatable bonds is 4. The summed E-state index contributed by atoms with van der Waals surface area (Å²) in [5.74, 6) is 0.630. The number of hydrogen-bond donors (Lipinski definition) is 1. The minimum atomic E-state index is -0.395. The van der Waals surface area contributed by atoms with E-state index in [1.165, 1.54) is 0 Å². The van der Waals surface area contributed by atoms with E-state index in [4.69, 9.17) is 9.31 Å². The number of anilines is 1. The van der Waals surface area contributed by atoms with E-state index in [0.717, 1.165) is 16.7 Å². The maximum Gasteiger partial charge on any atom is 0.494 e. The first kappa shape index (κ1) is 21.6. The Bertz CT molecular complexity index is 879. The van der Waals surface area contributed by atoms with Gasteiger partial charge in [-0.15, -0.1) is 0 Å². The van der Waals surface area contributed by atoms with Crippen molar-refractivity contribution in [1.82, 2.24) is 9.78 Å². The van der Waals surface area contributed by atoms with Crippen LogP contribution in [0.25, 0.3) is 0 Å². The van der Waals surface area contributed by atoms with Crippen molar-refractivity contribution in [2.75, 3.05) is 5.32 Å². The Morgan fingerprint density at radius 3 is 2.14 bits per heavy atom. The van der Waals surface area contributed by atoms with E-state index in [9.17, 15) is 4.79 Å². The molecule has 0 aliphatic carbocycles. The molecule has 1 aliphatic heterocycles. The molecule has 1 aliphatic rings. The molecule has 1 N–H and O–H groups in total. The molecule has 1 amide bonds. The van der Waals surface area contributed by atoms with E-state index in [0.29, 0.717) is 12.2 Å². The van der Waals surface area contributed by atoms with Crippen LogP contribution in [0.15, 0.2) is 30.3 Å². The van der Waals surface area contributed by atoms with Crippen molar-refractivity contribution in [2.24, 2.45) is 7.05 Å². The molecular weight excluding hydrogens is 365 g/mol. The molecule has 1 aromatic carbocycles. The fourth-order valence-electron chi connectivity index (χ4n) is 3.09. The highest BCUT2D eigenvalue weighted by atomic mass is 16.7. The first-order valence-electron chi connectivity index (χ1n) is 10.1. The summed E-state index contributed by atoms with van der Waals surface area (Å²) in [5.41, 5.74) is 2.03. The molecule has 0 radical (unpaired) electrons. The first-order valence-corrected chi connectivity index (χ1v) is 10.1. The minimum Gasteiger partial charge on any atom is -0.399 e. The van der Waals surface area contributed by atoms with Crippen molar-refractivity contribution >= 4 is 24.3 Å². The van der Waals surface area contributed by atoms with E-state index < -0.39 is 7.12 Å². The van der Waals surface area contributed by atoms with Gasteiger partial charge in [-0.2, -0.15) is 5.10 Å². The zero-order valence-electron chi connectivity index (χ0n) is 18.8. The van der Waals surface area contributed by atoms with Crippen LogP contribution in [-0.2, 0) is 33.0 Å². The molecule has 1 fully saturated rings. The summed E-state index contributed by atoms with van der Waals surface area (Å²) in [7, 11) is 1.44. The van der Waals surface area contributed by atoms with E-state index in [2.05, 4.69) is 31.2 Å². The maximum atomic E-state index is 12.5. The second kappa shape index (κ2) is 7.29. The van der Waals surface area contributed by atoms with Gasteiger partial charge < -0.3 is 14.6 Å². The number of carbonyl (C=O) groups excluding carboxylic acids is 1. The predicted molar refractivity (Wildman–Crippen MR) is 116 cm³/mol. The third kappa shape index (κ3) is 4.56. The zero-order valence-corrected chi connectivity index (χ0v) is 18.8.